The first-order valence-electron chi connectivity index (χ1n) is 7.24. The van der Waals surface area contributed by atoms with Gasteiger partial charge in [0.05, 0.1) is 23.7 Å². The van der Waals surface area contributed by atoms with E-state index < -0.39 is 4.92 Å². The molecule has 25 heavy (non-hydrogen) atoms. The number of benzene rings is 1. The number of allylic oxidation sites excluding steroid dienone is 1. The summed E-state index contributed by atoms with van der Waals surface area (Å²) >= 11 is 15.0. The van der Waals surface area contributed by atoms with Crippen LogP contribution in [0.15, 0.2) is 38.9 Å². The zero-order valence-electron chi connectivity index (χ0n) is 12.7. The molecule has 0 N–H and O–H groups in total. The second-order valence-corrected chi connectivity index (χ2v) is 7.10. The maximum atomic E-state index is 11.8. The molecule has 2 heterocycles. The summed E-state index contributed by atoms with van der Waals surface area (Å²) in [6, 6.07) is 7.17. The fourth-order valence-corrected chi connectivity index (χ4v) is 2.96. The number of hydrogen-bond donors (Lipinski definition) is 0. The fraction of sp³-hybridized carbons (Fsp3) is 0.286. The lowest BCUT2D eigenvalue weighted by molar-refractivity contribution is -0.419. The quantitative estimate of drug-likeness (QED) is 0.405. The second-order valence-electron chi connectivity index (χ2n) is 5.09. The highest BCUT2D eigenvalue weighted by molar-refractivity contribution is 9.12. The van der Waals surface area contributed by atoms with E-state index in [1.54, 1.807) is 23.1 Å². The molecule has 8 nitrogen and oxygen atoms in total. The molecule has 1 aliphatic rings. The smallest absolute Gasteiger partial charge is 0.332 e. The third-order valence-electron chi connectivity index (χ3n) is 3.63. The monoisotopic (exact) mass is 447 g/mol. The topological polar surface area (TPSA) is 86.3 Å². The van der Waals surface area contributed by atoms with E-state index in [0.717, 1.165) is 0 Å². The van der Waals surface area contributed by atoms with Gasteiger partial charge in [-0.1, -0.05) is 40.5 Å². The van der Waals surface area contributed by atoms with Gasteiger partial charge in [0.2, 0.25) is 5.82 Å². The standard InChI is InChI=1S/C14H12BrCl2N5O3/c15-13(17)11(16)12(22(23)24)14(20-5-7-25-8-6-20)21-10-4-2-1-3-9(10)18-19-21/h1-4H,5-8H2/b13-11+,14-12-. The summed E-state index contributed by atoms with van der Waals surface area (Å²) in [5, 5.41) is 19.7. The van der Waals surface area contributed by atoms with E-state index in [-0.39, 0.29) is 20.5 Å². The molecule has 0 unspecified atom stereocenters. The largest absolute Gasteiger partial charge is 0.378 e. The maximum absolute atomic E-state index is 11.8. The van der Waals surface area contributed by atoms with Gasteiger partial charge in [0, 0.05) is 13.1 Å². The van der Waals surface area contributed by atoms with Crippen LogP contribution in [0.1, 0.15) is 0 Å². The molecule has 132 valence electrons. The van der Waals surface area contributed by atoms with E-state index in [1.165, 1.54) is 4.68 Å². The highest BCUT2D eigenvalue weighted by Gasteiger charge is 2.32. The third-order valence-corrected chi connectivity index (χ3v) is 4.91. The average molecular weight is 449 g/mol. The van der Waals surface area contributed by atoms with Crippen molar-refractivity contribution in [2.75, 3.05) is 26.3 Å². The number of para-hydroxylation sites is 1. The number of nitrogens with zero attached hydrogens (tertiary/aromatic N) is 5. The van der Waals surface area contributed by atoms with E-state index in [1.807, 2.05) is 6.07 Å². The molecule has 11 heteroatoms. The van der Waals surface area contributed by atoms with E-state index in [4.69, 9.17) is 27.9 Å². The highest BCUT2D eigenvalue weighted by Crippen LogP contribution is 2.33. The van der Waals surface area contributed by atoms with Crippen LogP contribution in [0, 0.1) is 10.1 Å². The molecule has 0 atom stereocenters. The van der Waals surface area contributed by atoms with Crippen molar-refractivity contribution in [2.45, 2.75) is 0 Å². The van der Waals surface area contributed by atoms with Crippen LogP contribution < -0.4 is 0 Å². The molecule has 0 bridgehead atoms. The van der Waals surface area contributed by atoms with E-state index >= 15 is 0 Å². The maximum Gasteiger partial charge on any atom is 0.332 e. The van der Waals surface area contributed by atoms with Gasteiger partial charge in [-0.25, -0.2) is 0 Å². The summed E-state index contributed by atoms with van der Waals surface area (Å²) in [5.41, 5.74) is 0.876. The lowest BCUT2D eigenvalue weighted by Gasteiger charge is -2.30. The van der Waals surface area contributed by atoms with Crippen molar-refractivity contribution < 1.29 is 9.66 Å². The Kier molecular flexibility index (Phi) is 5.57. The van der Waals surface area contributed by atoms with Crippen LogP contribution in [-0.2, 0) is 4.74 Å². The van der Waals surface area contributed by atoms with Crippen molar-refractivity contribution in [1.82, 2.24) is 19.9 Å². The molecule has 0 amide bonds. The predicted octanol–water partition coefficient (Wildman–Crippen LogP) is 3.21. The van der Waals surface area contributed by atoms with Crippen LogP contribution in [0.4, 0.5) is 0 Å². The van der Waals surface area contributed by atoms with Crippen molar-refractivity contribution in [2.24, 2.45) is 0 Å². The number of nitro groups is 1. The molecule has 1 aliphatic heterocycles. The molecule has 0 spiro atoms. The van der Waals surface area contributed by atoms with Crippen LogP contribution >= 0.6 is 39.1 Å². The molecule has 1 aromatic carbocycles. The van der Waals surface area contributed by atoms with Gasteiger partial charge in [0.1, 0.15) is 14.5 Å². The van der Waals surface area contributed by atoms with E-state index in [9.17, 15) is 10.1 Å². The van der Waals surface area contributed by atoms with Crippen LogP contribution in [0.5, 0.6) is 0 Å². The third kappa shape index (κ3) is 3.64. The van der Waals surface area contributed by atoms with Gasteiger partial charge in [-0.15, -0.1) is 5.10 Å². The first kappa shape index (κ1) is 18.1. The Morgan fingerprint density at radius 3 is 2.60 bits per heavy atom. The first-order valence-corrected chi connectivity index (χ1v) is 8.79. The van der Waals surface area contributed by atoms with Crippen molar-refractivity contribution in [3.8, 4) is 0 Å². The van der Waals surface area contributed by atoms with Crippen LogP contribution in [0.25, 0.3) is 16.9 Å². The molecule has 3 rings (SSSR count). The Labute approximate surface area is 160 Å². The van der Waals surface area contributed by atoms with Gasteiger partial charge in [-0.3, -0.25) is 10.1 Å². The Morgan fingerprint density at radius 1 is 1.28 bits per heavy atom. The SMILES string of the molecule is O=[N+]([O-])C(/C(Cl)=C(\Cl)Br)=C(/N1CCOCC1)n1nnc2ccccc21. The van der Waals surface area contributed by atoms with Crippen molar-refractivity contribution in [1.29, 1.82) is 0 Å². The lowest BCUT2D eigenvalue weighted by Crippen LogP contribution is -2.38. The van der Waals surface area contributed by atoms with Crippen molar-refractivity contribution in [3.63, 3.8) is 0 Å². The molecule has 0 radical (unpaired) electrons. The zero-order chi connectivity index (χ0) is 18.0. The van der Waals surface area contributed by atoms with Gasteiger partial charge in [-0.2, -0.15) is 4.68 Å². The number of ether oxygens (including phenoxy) is 1. The van der Waals surface area contributed by atoms with Crippen LogP contribution in [-0.4, -0.2) is 51.1 Å². The lowest BCUT2D eigenvalue weighted by atomic mass is 10.3. The fourth-order valence-electron chi connectivity index (χ4n) is 2.53. The summed E-state index contributed by atoms with van der Waals surface area (Å²) in [7, 11) is 0. The average Bonchev–Trinajstić information content (AvgIpc) is 3.03. The summed E-state index contributed by atoms with van der Waals surface area (Å²) < 4.78 is 6.69. The highest BCUT2D eigenvalue weighted by atomic mass is 79.9. The summed E-state index contributed by atoms with van der Waals surface area (Å²) in [4.78, 5) is 13.0. The molecule has 1 fully saturated rings. The van der Waals surface area contributed by atoms with E-state index in [2.05, 4.69) is 26.2 Å². The number of morpholine rings is 1. The van der Waals surface area contributed by atoms with Gasteiger partial charge in [0.15, 0.2) is 0 Å². The van der Waals surface area contributed by atoms with Crippen molar-refractivity contribution >= 4 is 56.0 Å². The van der Waals surface area contributed by atoms with Gasteiger partial charge in [-0.05, 0) is 28.1 Å². The molecule has 1 saturated heterocycles. The Balaban J connectivity index is 2.30. The minimum Gasteiger partial charge on any atom is -0.378 e. The van der Waals surface area contributed by atoms with Crippen molar-refractivity contribution in [3.05, 3.63) is 49.1 Å². The minimum atomic E-state index is -0.576. The Bertz CT molecular complexity index is 872. The number of fused-ring (bicyclic) bond motifs is 1. The molecule has 1 aromatic heterocycles. The Morgan fingerprint density at radius 2 is 1.96 bits per heavy atom. The van der Waals surface area contributed by atoms with Gasteiger partial charge in [0.25, 0.3) is 0 Å². The van der Waals surface area contributed by atoms with Crippen LogP contribution in [0.3, 0.4) is 0 Å². The summed E-state index contributed by atoms with van der Waals surface area (Å²) in [5.74, 6) is 0.199. The Hall–Kier alpha value is -1.68. The molecule has 2 aromatic rings. The minimum absolute atomic E-state index is 0.0592. The predicted molar refractivity (Wildman–Crippen MR) is 97.8 cm³/mol. The number of hydrogen-bond acceptors (Lipinski definition) is 6. The van der Waals surface area contributed by atoms with E-state index in [0.29, 0.717) is 37.3 Å². The van der Waals surface area contributed by atoms with Gasteiger partial charge >= 0.3 is 5.70 Å². The second kappa shape index (κ2) is 7.69. The number of halogens is 3. The van der Waals surface area contributed by atoms with Gasteiger partial charge < -0.3 is 9.64 Å². The normalized spacial score (nSPS) is 17.3. The summed E-state index contributed by atoms with van der Waals surface area (Å²) in [6.07, 6.45) is 0. The molecular formula is C14H12BrCl2N5O3. The summed E-state index contributed by atoms with van der Waals surface area (Å²) in [6.45, 7) is 1.77. The molecular weight excluding hydrogens is 437 g/mol. The first-order chi connectivity index (χ1) is 12.0. The molecule has 0 aliphatic carbocycles. The number of rotatable bonds is 4. The molecule has 0 saturated carbocycles. The zero-order valence-corrected chi connectivity index (χ0v) is 15.8. The van der Waals surface area contributed by atoms with Crippen LogP contribution in [0.2, 0.25) is 0 Å². The number of aromatic nitrogens is 3.